The van der Waals surface area contributed by atoms with E-state index in [-0.39, 0.29) is 23.9 Å². The Balaban J connectivity index is 1.60. The van der Waals surface area contributed by atoms with Gasteiger partial charge in [-0.2, -0.15) is 0 Å². The molecule has 1 saturated heterocycles. The van der Waals surface area contributed by atoms with Crippen LogP contribution in [0, 0.1) is 5.92 Å². The highest BCUT2D eigenvalue weighted by Crippen LogP contribution is 2.43. The number of pyridine rings is 1. The summed E-state index contributed by atoms with van der Waals surface area (Å²) in [7, 11) is 1.66. The molecule has 1 aliphatic heterocycles. The maximum absolute atomic E-state index is 12.3. The number of carbonyl (C=O) groups is 1. The van der Waals surface area contributed by atoms with E-state index in [0.717, 1.165) is 28.5 Å². The summed E-state index contributed by atoms with van der Waals surface area (Å²) in [5.74, 6) is 0.516. The molecule has 2 atom stereocenters. The third-order valence-electron chi connectivity index (χ3n) is 6.53. The van der Waals surface area contributed by atoms with E-state index >= 15 is 0 Å². The normalized spacial score (nSPS) is 17.0. The minimum Gasteiger partial charge on any atom is -0.497 e. The number of ether oxygens (including phenoxy) is 1. The first-order valence-electron chi connectivity index (χ1n) is 12.3. The predicted molar refractivity (Wildman–Crippen MR) is 155 cm³/mol. The number of benzene rings is 2. The number of methoxy groups -OCH3 is 1. The summed E-state index contributed by atoms with van der Waals surface area (Å²) < 4.78 is 7.60. The van der Waals surface area contributed by atoms with Crippen LogP contribution in [0.4, 0.5) is 11.4 Å². The maximum Gasteiger partial charge on any atom is 0.226 e. The molecule has 7 nitrogen and oxygen atoms in total. The van der Waals surface area contributed by atoms with Crippen molar-refractivity contribution in [2.24, 2.45) is 5.92 Å². The van der Waals surface area contributed by atoms with Gasteiger partial charge in [-0.15, -0.1) is 0 Å². The summed E-state index contributed by atoms with van der Waals surface area (Å²) in [5, 5.41) is 7.36. The molecular formula is C29H28ClN5O2S. The Labute approximate surface area is 232 Å². The third-order valence-corrected chi connectivity index (χ3v) is 7.15. The third kappa shape index (κ3) is 4.97. The van der Waals surface area contributed by atoms with Crippen LogP contribution < -0.4 is 20.3 Å². The van der Waals surface area contributed by atoms with Gasteiger partial charge in [0.15, 0.2) is 5.11 Å². The number of rotatable bonds is 7. The van der Waals surface area contributed by atoms with Gasteiger partial charge in [0.05, 0.1) is 29.6 Å². The van der Waals surface area contributed by atoms with Crippen molar-refractivity contribution in [2.75, 3.05) is 17.3 Å². The second-order valence-electron chi connectivity index (χ2n) is 9.31. The van der Waals surface area contributed by atoms with E-state index < -0.39 is 0 Å². The number of hydrogen-bond acceptors (Lipinski definition) is 4. The fourth-order valence-corrected chi connectivity index (χ4v) is 5.16. The van der Waals surface area contributed by atoms with Gasteiger partial charge in [0.1, 0.15) is 11.8 Å². The molecule has 9 heteroatoms. The van der Waals surface area contributed by atoms with Crippen LogP contribution >= 0.6 is 23.8 Å². The van der Waals surface area contributed by atoms with Gasteiger partial charge < -0.3 is 24.8 Å². The molecule has 0 saturated carbocycles. The van der Waals surface area contributed by atoms with Gasteiger partial charge in [0.25, 0.3) is 0 Å². The number of amides is 1. The smallest absolute Gasteiger partial charge is 0.226 e. The maximum atomic E-state index is 12.3. The van der Waals surface area contributed by atoms with Gasteiger partial charge in [-0.05, 0) is 66.8 Å². The van der Waals surface area contributed by atoms with Crippen molar-refractivity contribution in [1.29, 1.82) is 0 Å². The number of hydrogen-bond donors (Lipinski definition) is 2. The standard InChI is InChI=1S/C29H28ClN5O2S/c1-18(2)28(36)32-23-13-12-20(17-22(23)30)35-27(26(33-29(35)38)24-10-4-5-14-31-24)25-11-7-15-34(25)19-8-6-9-21(16-19)37-3/h4-18,26-27H,1-3H3,(H,32,36)(H,33,38)/t26-,27-/m1/s1. The van der Waals surface area contributed by atoms with Crippen LogP contribution in [0.2, 0.25) is 5.02 Å². The summed E-state index contributed by atoms with van der Waals surface area (Å²) >= 11 is 12.5. The SMILES string of the molecule is COc1cccc(-n2cccc2[C@@H]2[C@@H](c3ccccn3)NC(=S)N2c2ccc(NC(=O)C(C)C)c(Cl)c2)c1. The molecule has 1 aliphatic rings. The number of nitrogens with one attached hydrogen (secondary N) is 2. The molecule has 0 spiro atoms. The predicted octanol–water partition coefficient (Wildman–Crippen LogP) is 6.31. The Morgan fingerprint density at radius 3 is 2.63 bits per heavy atom. The Kier molecular flexibility index (Phi) is 7.35. The minimum atomic E-state index is -0.245. The average Bonchev–Trinajstić information content (AvgIpc) is 3.54. The number of halogens is 1. The van der Waals surface area contributed by atoms with Crippen LogP contribution in [0.1, 0.15) is 37.3 Å². The quantitative estimate of drug-likeness (QED) is 0.265. The monoisotopic (exact) mass is 545 g/mol. The van der Waals surface area contributed by atoms with Crippen molar-refractivity contribution in [3.8, 4) is 11.4 Å². The summed E-state index contributed by atoms with van der Waals surface area (Å²) in [6, 6.07) is 23.0. The van der Waals surface area contributed by atoms with Crippen molar-refractivity contribution >= 4 is 46.2 Å². The van der Waals surface area contributed by atoms with E-state index in [9.17, 15) is 4.79 Å². The second-order valence-corrected chi connectivity index (χ2v) is 10.1. The summed E-state index contributed by atoms with van der Waals surface area (Å²) in [6.07, 6.45) is 3.81. The summed E-state index contributed by atoms with van der Waals surface area (Å²) in [4.78, 5) is 19.0. The Bertz CT molecular complexity index is 1470. The fraction of sp³-hybridized carbons (Fsp3) is 0.207. The van der Waals surface area contributed by atoms with Crippen molar-refractivity contribution in [2.45, 2.75) is 25.9 Å². The Morgan fingerprint density at radius 2 is 1.92 bits per heavy atom. The Hall–Kier alpha value is -3.88. The lowest BCUT2D eigenvalue weighted by atomic mass is 10.0. The molecule has 0 aliphatic carbocycles. The van der Waals surface area contributed by atoms with Crippen molar-refractivity contribution in [1.82, 2.24) is 14.9 Å². The van der Waals surface area contributed by atoms with Gasteiger partial charge in [-0.1, -0.05) is 37.6 Å². The highest BCUT2D eigenvalue weighted by Gasteiger charge is 2.42. The number of thiocarbonyl (C=S) groups is 1. The van der Waals surface area contributed by atoms with Crippen molar-refractivity contribution in [3.05, 3.63) is 102 Å². The Morgan fingerprint density at radius 1 is 1.08 bits per heavy atom. The first kappa shape index (κ1) is 25.8. The van der Waals surface area contributed by atoms with E-state index in [4.69, 9.17) is 28.6 Å². The molecule has 4 aromatic rings. The van der Waals surface area contributed by atoms with Crippen molar-refractivity contribution in [3.63, 3.8) is 0 Å². The zero-order valence-electron chi connectivity index (χ0n) is 21.3. The van der Waals surface area contributed by atoms with Gasteiger partial charge in [0, 0.05) is 41.4 Å². The molecule has 3 heterocycles. The van der Waals surface area contributed by atoms with E-state index in [0.29, 0.717) is 15.8 Å². The number of nitrogens with zero attached hydrogens (tertiary/aromatic N) is 3. The zero-order chi connectivity index (χ0) is 26.8. The number of anilines is 2. The molecule has 194 valence electrons. The molecule has 2 aromatic heterocycles. The second kappa shape index (κ2) is 10.8. The van der Waals surface area contributed by atoms with E-state index in [1.54, 1.807) is 13.3 Å². The minimum absolute atomic E-state index is 0.0952. The van der Waals surface area contributed by atoms with Gasteiger partial charge in [-0.25, -0.2) is 0 Å². The lowest BCUT2D eigenvalue weighted by Gasteiger charge is -2.29. The number of carbonyl (C=O) groups excluding carboxylic acids is 1. The molecule has 1 amide bonds. The fourth-order valence-electron chi connectivity index (χ4n) is 4.60. The molecule has 2 aromatic carbocycles. The average molecular weight is 546 g/mol. The molecule has 38 heavy (non-hydrogen) atoms. The molecule has 0 unspecified atom stereocenters. The van der Waals surface area contributed by atoms with E-state index in [1.807, 2.05) is 86.8 Å². The van der Waals surface area contributed by atoms with Crippen LogP contribution in [0.25, 0.3) is 5.69 Å². The molecule has 0 bridgehead atoms. The first-order chi connectivity index (χ1) is 18.4. The van der Waals surface area contributed by atoms with Crippen molar-refractivity contribution < 1.29 is 9.53 Å². The summed E-state index contributed by atoms with van der Waals surface area (Å²) in [5.41, 5.74) is 4.20. The molecule has 2 N–H and O–H groups in total. The van der Waals surface area contributed by atoms with Crippen LogP contribution in [-0.4, -0.2) is 27.7 Å². The topological polar surface area (TPSA) is 71.4 Å². The van der Waals surface area contributed by atoms with E-state index in [1.165, 1.54) is 0 Å². The summed E-state index contributed by atoms with van der Waals surface area (Å²) in [6.45, 7) is 3.68. The van der Waals surface area contributed by atoms with E-state index in [2.05, 4.69) is 31.2 Å². The first-order valence-corrected chi connectivity index (χ1v) is 13.1. The molecule has 0 radical (unpaired) electrons. The zero-order valence-corrected chi connectivity index (χ0v) is 22.8. The van der Waals surface area contributed by atoms with Crippen LogP contribution in [-0.2, 0) is 4.79 Å². The molecule has 5 rings (SSSR count). The highest BCUT2D eigenvalue weighted by atomic mass is 35.5. The lowest BCUT2D eigenvalue weighted by Crippen LogP contribution is -2.30. The lowest BCUT2D eigenvalue weighted by molar-refractivity contribution is -0.118. The van der Waals surface area contributed by atoms with Gasteiger partial charge >= 0.3 is 0 Å². The van der Waals surface area contributed by atoms with Gasteiger partial charge in [0.2, 0.25) is 5.91 Å². The van der Waals surface area contributed by atoms with Gasteiger partial charge in [-0.3, -0.25) is 9.78 Å². The van der Waals surface area contributed by atoms with Crippen LogP contribution in [0.15, 0.2) is 85.2 Å². The van der Waals surface area contributed by atoms with Crippen LogP contribution in [0.5, 0.6) is 5.75 Å². The largest absolute Gasteiger partial charge is 0.497 e. The molecular weight excluding hydrogens is 518 g/mol. The molecule has 1 fully saturated rings. The number of aromatic nitrogens is 2. The van der Waals surface area contributed by atoms with Crippen LogP contribution in [0.3, 0.4) is 0 Å². The highest BCUT2D eigenvalue weighted by molar-refractivity contribution is 7.80.